The van der Waals surface area contributed by atoms with Crippen LogP contribution in [0.25, 0.3) is 0 Å². The Morgan fingerprint density at radius 2 is 1.88 bits per heavy atom. The second-order valence-electron chi connectivity index (χ2n) is 5.89. The van der Waals surface area contributed by atoms with Crippen LogP contribution in [0.2, 0.25) is 0 Å². The van der Waals surface area contributed by atoms with Crippen LogP contribution in [0.15, 0.2) is 54.6 Å². The molecule has 26 heavy (non-hydrogen) atoms. The number of hydrogen-bond donors (Lipinski definition) is 2. The molecule has 0 aliphatic carbocycles. The number of carbonyl (C=O) groups excluding carboxylic acids is 1. The summed E-state index contributed by atoms with van der Waals surface area (Å²) in [6.07, 6.45) is 0. The number of nitriles is 1. The summed E-state index contributed by atoms with van der Waals surface area (Å²) in [7, 11) is 0. The first kappa shape index (κ1) is 17.1. The highest BCUT2D eigenvalue weighted by atomic mass is 16.1. The molecule has 1 amide bonds. The molecule has 3 aromatic rings. The molecule has 0 saturated heterocycles. The van der Waals surface area contributed by atoms with Gasteiger partial charge in [-0.15, -0.1) is 10.2 Å². The van der Waals surface area contributed by atoms with Gasteiger partial charge in [-0.1, -0.05) is 18.2 Å². The van der Waals surface area contributed by atoms with Crippen molar-refractivity contribution in [3.8, 4) is 6.07 Å². The molecular formula is C20H17N5O. The maximum absolute atomic E-state index is 12.3. The van der Waals surface area contributed by atoms with Crippen LogP contribution in [-0.2, 0) is 0 Å². The van der Waals surface area contributed by atoms with Crippen molar-refractivity contribution in [2.75, 3.05) is 10.6 Å². The van der Waals surface area contributed by atoms with Crippen molar-refractivity contribution in [2.24, 2.45) is 0 Å². The van der Waals surface area contributed by atoms with Crippen LogP contribution in [0.3, 0.4) is 0 Å². The predicted molar refractivity (Wildman–Crippen MR) is 100 cm³/mol. The minimum atomic E-state index is -0.383. The van der Waals surface area contributed by atoms with Crippen molar-refractivity contribution in [1.29, 1.82) is 5.26 Å². The third kappa shape index (κ3) is 4.02. The van der Waals surface area contributed by atoms with Crippen LogP contribution in [0, 0.1) is 25.2 Å². The second-order valence-corrected chi connectivity index (χ2v) is 5.89. The average molecular weight is 343 g/mol. The lowest BCUT2D eigenvalue weighted by molar-refractivity contribution is 0.102. The van der Waals surface area contributed by atoms with Crippen LogP contribution >= 0.6 is 0 Å². The first-order chi connectivity index (χ1) is 12.5. The number of amides is 1. The van der Waals surface area contributed by atoms with Crippen molar-refractivity contribution in [3.05, 3.63) is 77.0 Å². The largest absolute Gasteiger partial charge is 0.339 e. The standard InChI is InChI=1S/C20H17N5O/c1-13-6-7-14(2)18(10-13)23-19-9-8-17(24-25-19)20(26)22-16-5-3-4-15(11-16)12-21/h3-11H,1-2H3,(H,22,26)(H,23,25). The van der Waals surface area contributed by atoms with Crippen LogP contribution in [-0.4, -0.2) is 16.1 Å². The quantitative estimate of drug-likeness (QED) is 0.748. The number of anilines is 3. The van der Waals surface area contributed by atoms with Gasteiger partial charge in [0.15, 0.2) is 11.5 Å². The van der Waals surface area contributed by atoms with E-state index in [0.717, 1.165) is 16.8 Å². The van der Waals surface area contributed by atoms with Crippen molar-refractivity contribution in [2.45, 2.75) is 13.8 Å². The molecule has 0 atom stereocenters. The first-order valence-electron chi connectivity index (χ1n) is 8.05. The third-order valence-corrected chi connectivity index (χ3v) is 3.80. The van der Waals surface area contributed by atoms with Crippen molar-refractivity contribution < 1.29 is 4.79 Å². The highest BCUT2D eigenvalue weighted by Gasteiger charge is 2.09. The third-order valence-electron chi connectivity index (χ3n) is 3.80. The van der Waals surface area contributed by atoms with Gasteiger partial charge in [0.1, 0.15) is 0 Å². The molecule has 6 nitrogen and oxygen atoms in total. The molecule has 0 aliphatic rings. The minimum Gasteiger partial charge on any atom is -0.339 e. The van der Waals surface area contributed by atoms with E-state index in [1.807, 2.05) is 38.1 Å². The zero-order valence-corrected chi connectivity index (χ0v) is 14.4. The van der Waals surface area contributed by atoms with Gasteiger partial charge in [0.25, 0.3) is 5.91 Å². The highest BCUT2D eigenvalue weighted by Crippen LogP contribution is 2.20. The van der Waals surface area contributed by atoms with Crippen LogP contribution in [0.4, 0.5) is 17.2 Å². The second kappa shape index (κ2) is 7.45. The predicted octanol–water partition coefficient (Wildman–Crippen LogP) is 3.96. The molecule has 1 aromatic heterocycles. The number of nitrogens with zero attached hydrogens (tertiary/aromatic N) is 3. The first-order valence-corrected chi connectivity index (χ1v) is 8.05. The molecule has 2 N–H and O–H groups in total. The molecule has 0 saturated carbocycles. The Morgan fingerprint density at radius 1 is 1.04 bits per heavy atom. The van der Waals surface area contributed by atoms with Crippen LogP contribution in [0.5, 0.6) is 0 Å². The van der Waals surface area contributed by atoms with Gasteiger partial charge in [-0.3, -0.25) is 4.79 Å². The zero-order valence-electron chi connectivity index (χ0n) is 14.4. The van der Waals surface area contributed by atoms with E-state index in [0.29, 0.717) is 17.1 Å². The lowest BCUT2D eigenvalue weighted by Crippen LogP contribution is -2.14. The van der Waals surface area contributed by atoms with Gasteiger partial charge in [-0.25, -0.2) is 0 Å². The van der Waals surface area contributed by atoms with E-state index in [1.54, 1.807) is 36.4 Å². The SMILES string of the molecule is Cc1ccc(C)c(Nc2ccc(C(=O)Nc3cccc(C#N)c3)nn2)c1. The van der Waals surface area contributed by atoms with Gasteiger partial charge >= 0.3 is 0 Å². The Hall–Kier alpha value is -3.72. The minimum absolute atomic E-state index is 0.193. The van der Waals surface area contributed by atoms with E-state index in [1.165, 1.54) is 0 Å². The van der Waals surface area contributed by atoms with Crippen LogP contribution < -0.4 is 10.6 Å². The topological polar surface area (TPSA) is 90.7 Å². The number of aromatic nitrogens is 2. The summed E-state index contributed by atoms with van der Waals surface area (Å²) < 4.78 is 0. The lowest BCUT2D eigenvalue weighted by Gasteiger charge is -2.10. The maximum atomic E-state index is 12.3. The molecule has 0 unspecified atom stereocenters. The van der Waals surface area contributed by atoms with E-state index >= 15 is 0 Å². The average Bonchev–Trinajstić information content (AvgIpc) is 2.65. The number of aryl methyl sites for hydroxylation is 2. The highest BCUT2D eigenvalue weighted by molar-refractivity contribution is 6.02. The summed E-state index contributed by atoms with van der Waals surface area (Å²) in [5.74, 6) is 0.174. The Balaban J connectivity index is 1.71. The van der Waals surface area contributed by atoms with Crippen molar-refractivity contribution in [3.63, 3.8) is 0 Å². The van der Waals surface area contributed by atoms with Gasteiger partial charge in [-0.2, -0.15) is 5.26 Å². The van der Waals surface area contributed by atoms with E-state index in [2.05, 4.69) is 20.8 Å². The van der Waals surface area contributed by atoms with Crippen molar-refractivity contribution in [1.82, 2.24) is 10.2 Å². The number of hydrogen-bond acceptors (Lipinski definition) is 5. The molecule has 1 heterocycles. The summed E-state index contributed by atoms with van der Waals surface area (Å²) in [5.41, 5.74) is 4.39. The van der Waals surface area contributed by atoms with E-state index < -0.39 is 0 Å². The monoisotopic (exact) mass is 343 g/mol. The molecule has 0 radical (unpaired) electrons. The van der Waals surface area contributed by atoms with Crippen molar-refractivity contribution >= 4 is 23.1 Å². The summed E-state index contributed by atoms with van der Waals surface area (Å²) in [4.78, 5) is 12.3. The summed E-state index contributed by atoms with van der Waals surface area (Å²) in [6.45, 7) is 4.03. The fraction of sp³-hybridized carbons (Fsp3) is 0.100. The fourth-order valence-corrected chi connectivity index (χ4v) is 2.39. The summed E-state index contributed by atoms with van der Waals surface area (Å²) >= 11 is 0. The normalized spacial score (nSPS) is 10.0. The molecule has 0 aliphatic heterocycles. The van der Waals surface area contributed by atoms with E-state index in [4.69, 9.17) is 5.26 Å². The fourth-order valence-electron chi connectivity index (χ4n) is 2.39. The Bertz CT molecular complexity index is 990. The number of benzene rings is 2. The molecule has 0 bridgehead atoms. The smallest absolute Gasteiger partial charge is 0.276 e. The zero-order chi connectivity index (χ0) is 18.5. The van der Waals surface area contributed by atoms with Gasteiger partial charge in [0.2, 0.25) is 0 Å². The Morgan fingerprint density at radius 3 is 2.62 bits per heavy atom. The maximum Gasteiger partial charge on any atom is 0.276 e. The molecule has 2 aromatic carbocycles. The van der Waals surface area contributed by atoms with E-state index in [-0.39, 0.29) is 11.6 Å². The van der Waals surface area contributed by atoms with Gasteiger partial charge in [0.05, 0.1) is 11.6 Å². The molecular weight excluding hydrogens is 326 g/mol. The lowest BCUT2D eigenvalue weighted by atomic mass is 10.1. The Kier molecular flexibility index (Phi) is 4.90. The van der Waals surface area contributed by atoms with Crippen LogP contribution in [0.1, 0.15) is 27.2 Å². The molecule has 128 valence electrons. The van der Waals surface area contributed by atoms with Gasteiger partial charge in [0, 0.05) is 11.4 Å². The van der Waals surface area contributed by atoms with E-state index in [9.17, 15) is 4.79 Å². The Labute approximate surface area is 151 Å². The molecule has 3 rings (SSSR count). The van der Waals surface area contributed by atoms with Gasteiger partial charge < -0.3 is 10.6 Å². The van der Waals surface area contributed by atoms with Gasteiger partial charge in [-0.05, 0) is 61.4 Å². The molecule has 0 fully saturated rings. The molecule has 0 spiro atoms. The summed E-state index contributed by atoms with van der Waals surface area (Å²) in [6, 6.07) is 18.1. The molecule has 6 heteroatoms. The number of carbonyl (C=O) groups is 1. The summed E-state index contributed by atoms with van der Waals surface area (Å²) in [5, 5.41) is 22.9. The number of rotatable bonds is 4. The number of nitrogens with one attached hydrogen (secondary N) is 2.